The summed E-state index contributed by atoms with van der Waals surface area (Å²) in [6.45, 7) is 8.11. The summed E-state index contributed by atoms with van der Waals surface area (Å²) in [7, 11) is 0. The Kier molecular flexibility index (Phi) is 4.93. The number of hydrogen-bond acceptors (Lipinski definition) is 5. The Bertz CT molecular complexity index is 1050. The van der Waals surface area contributed by atoms with Crippen LogP contribution in [0.4, 0.5) is 0 Å². The van der Waals surface area contributed by atoms with Gasteiger partial charge in [-0.05, 0) is 51.5 Å². The largest absolute Gasteiger partial charge is 0.491 e. The number of aryl methyl sites for hydroxylation is 2. The molecule has 0 saturated heterocycles. The SMILES string of the molecule is CCOC(=O)Cn1c2nc(C)ccc2c(=O)c2ccc(C)c(OCC)c21. The topological polar surface area (TPSA) is 70.4 Å². The van der Waals surface area contributed by atoms with Gasteiger partial charge < -0.3 is 14.0 Å². The molecule has 136 valence electrons. The molecular formula is C20H22N2O4. The van der Waals surface area contributed by atoms with E-state index in [0.717, 1.165) is 11.3 Å². The molecule has 6 nitrogen and oxygen atoms in total. The number of carbonyl (C=O) groups excluding carboxylic acids is 1. The van der Waals surface area contributed by atoms with Gasteiger partial charge in [0.25, 0.3) is 0 Å². The lowest BCUT2D eigenvalue weighted by molar-refractivity contribution is -0.143. The van der Waals surface area contributed by atoms with Crippen molar-refractivity contribution in [3.63, 3.8) is 0 Å². The number of pyridine rings is 2. The Morgan fingerprint density at radius 1 is 1.08 bits per heavy atom. The van der Waals surface area contributed by atoms with Crippen LogP contribution in [0.5, 0.6) is 5.75 Å². The summed E-state index contributed by atoms with van der Waals surface area (Å²) in [5.74, 6) is 0.211. The van der Waals surface area contributed by atoms with Gasteiger partial charge in [0, 0.05) is 5.69 Å². The maximum atomic E-state index is 13.0. The number of carbonyl (C=O) groups is 1. The van der Waals surface area contributed by atoms with Crippen LogP contribution in [0.1, 0.15) is 25.1 Å². The Balaban J connectivity index is 2.48. The first-order valence-electron chi connectivity index (χ1n) is 8.69. The third-order valence-corrected chi connectivity index (χ3v) is 4.24. The van der Waals surface area contributed by atoms with E-state index in [2.05, 4.69) is 4.98 Å². The van der Waals surface area contributed by atoms with Crippen LogP contribution < -0.4 is 10.2 Å². The number of ether oxygens (including phenoxy) is 2. The molecule has 0 spiro atoms. The van der Waals surface area contributed by atoms with Crippen molar-refractivity contribution in [2.24, 2.45) is 0 Å². The molecule has 0 saturated carbocycles. The van der Waals surface area contributed by atoms with Crippen LogP contribution >= 0.6 is 0 Å². The molecule has 0 fully saturated rings. The van der Waals surface area contributed by atoms with E-state index >= 15 is 0 Å². The molecule has 0 atom stereocenters. The van der Waals surface area contributed by atoms with E-state index in [-0.39, 0.29) is 17.9 Å². The van der Waals surface area contributed by atoms with Crippen molar-refractivity contribution in [1.82, 2.24) is 9.55 Å². The van der Waals surface area contributed by atoms with Gasteiger partial charge in [-0.25, -0.2) is 4.98 Å². The highest BCUT2D eigenvalue weighted by atomic mass is 16.5. The van der Waals surface area contributed by atoms with Gasteiger partial charge in [0.15, 0.2) is 5.43 Å². The monoisotopic (exact) mass is 354 g/mol. The Morgan fingerprint density at radius 2 is 1.81 bits per heavy atom. The molecule has 0 aliphatic carbocycles. The summed E-state index contributed by atoms with van der Waals surface area (Å²) in [5, 5.41) is 0.972. The molecule has 0 N–H and O–H groups in total. The van der Waals surface area contributed by atoms with Crippen LogP contribution in [0, 0.1) is 13.8 Å². The van der Waals surface area contributed by atoms with Gasteiger partial charge in [0.1, 0.15) is 17.9 Å². The van der Waals surface area contributed by atoms with Crippen LogP contribution in [0.25, 0.3) is 21.9 Å². The third-order valence-electron chi connectivity index (χ3n) is 4.24. The minimum Gasteiger partial charge on any atom is -0.491 e. The fourth-order valence-electron chi connectivity index (χ4n) is 3.12. The summed E-state index contributed by atoms with van der Waals surface area (Å²) in [4.78, 5) is 29.8. The fourth-order valence-corrected chi connectivity index (χ4v) is 3.12. The van der Waals surface area contributed by atoms with Gasteiger partial charge >= 0.3 is 5.97 Å². The average molecular weight is 354 g/mol. The molecule has 3 aromatic rings. The first-order valence-corrected chi connectivity index (χ1v) is 8.69. The van der Waals surface area contributed by atoms with E-state index in [1.807, 2.05) is 26.8 Å². The second-order valence-electron chi connectivity index (χ2n) is 6.08. The second-order valence-corrected chi connectivity index (χ2v) is 6.08. The minimum atomic E-state index is -0.383. The van der Waals surface area contributed by atoms with E-state index in [1.165, 1.54) is 0 Å². The molecule has 26 heavy (non-hydrogen) atoms. The van der Waals surface area contributed by atoms with Gasteiger partial charge in [-0.1, -0.05) is 6.07 Å². The summed E-state index contributed by atoms with van der Waals surface area (Å²) < 4.78 is 12.7. The molecule has 0 radical (unpaired) electrons. The Morgan fingerprint density at radius 3 is 2.50 bits per heavy atom. The standard InChI is InChI=1S/C20H22N2O4/c1-5-25-16(23)11-22-17-14(9-7-12(3)19(17)26-6-2)18(24)15-10-8-13(4)21-20(15)22/h7-10H,5-6,11H2,1-4H3. The molecule has 2 heterocycles. The number of hydrogen-bond donors (Lipinski definition) is 0. The molecule has 0 bridgehead atoms. The number of aromatic nitrogens is 2. The molecule has 0 aliphatic heterocycles. The predicted molar refractivity (Wildman–Crippen MR) is 101 cm³/mol. The summed E-state index contributed by atoms with van der Waals surface area (Å²) in [5.41, 5.74) is 2.57. The van der Waals surface area contributed by atoms with Gasteiger partial charge in [-0.3, -0.25) is 9.59 Å². The zero-order valence-electron chi connectivity index (χ0n) is 15.5. The average Bonchev–Trinajstić information content (AvgIpc) is 2.60. The van der Waals surface area contributed by atoms with Crippen LogP contribution in [0.2, 0.25) is 0 Å². The van der Waals surface area contributed by atoms with Crippen molar-refractivity contribution < 1.29 is 14.3 Å². The zero-order chi connectivity index (χ0) is 18.8. The summed E-state index contributed by atoms with van der Waals surface area (Å²) in [6, 6.07) is 7.18. The van der Waals surface area contributed by atoms with Gasteiger partial charge in [-0.15, -0.1) is 0 Å². The van der Waals surface area contributed by atoms with Crippen molar-refractivity contribution >= 4 is 27.9 Å². The smallest absolute Gasteiger partial charge is 0.326 e. The molecule has 3 rings (SSSR count). The predicted octanol–water partition coefficient (Wildman–Crippen LogP) is 3.13. The highest BCUT2D eigenvalue weighted by Crippen LogP contribution is 2.30. The van der Waals surface area contributed by atoms with E-state index in [4.69, 9.17) is 9.47 Å². The van der Waals surface area contributed by atoms with Crippen molar-refractivity contribution in [2.75, 3.05) is 13.2 Å². The summed E-state index contributed by atoms with van der Waals surface area (Å²) in [6.07, 6.45) is 0. The van der Waals surface area contributed by atoms with E-state index in [0.29, 0.717) is 40.9 Å². The normalized spacial score (nSPS) is 11.1. The first kappa shape index (κ1) is 17.9. The molecular weight excluding hydrogens is 332 g/mol. The van der Waals surface area contributed by atoms with E-state index in [1.54, 1.807) is 29.7 Å². The Hall–Kier alpha value is -2.89. The minimum absolute atomic E-state index is 0.0406. The lowest BCUT2D eigenvalue weighted by Crippen LogP contribution is -2.20. The fraction of sp³-hybridized carbons (Fsp3) is 0.350. The van der Waals surface area contributed by atoms with Gasteiger partial charge in [0.2, 0.25) is 0 Å². The van der Waals surface area contributed by atoms with Crippen LogP contribution in [0.3, 0.4) is 0 Å². The molecule has 0 unspecified atom stereocenters. The molecule has 2 aromatic heterocycles. The van der Waals surface area contributed by atoms with Gasteiger partial charge in [-0.2, -0.15) is 0 Å². The molecule has 0 amide bonds. The van der Waals surface area contributed by atoms with Gasteiger partial charge in [0.05, 0.1) is 29.5 Å². The second kappa shape index (κ2) is 7.15. The zero-order valence-corrected chi connectivity index (χ0v) is 15.5. The van der Waals surface area contributed by atoms with Crippen LogP contribution in [-0.2, 0) is 16.1 Å². The van der Waals surface area contributed by atoms with Crippen molar-refractivity contribution in [3.8, 4) is 5.75 Å². The maximum absolute atomic E-state index is 13.0. The number of esters is 1. The number of nitrogens with zero attached hydrogens (tertiary/aromatic N) is 2. The van der Waals surface area contributed by atoms with E-state index < -0.39 is 0 Å². The highest BCUT2D eigenvalue weighted by Gasteiger charge is 2.19. The Labute approximate surface area is 151 Å². The quantitative estimate of drug-likeness (QED) is 0.520. The third kappa shape index (κ3) is 3.03. The van der Waals surface area contributed by atoms with Crippen molar-refractivity contribution in [1.29, 1.82) is 0 Å². The summed E-state index contributed by atoms with van der Waals surface area (Å²) >= 11 is 0. The molecule has 0 aliphatic rings. The van der Waals surface area contributed by atoms with Crippen molar-refractivity contribution in [3.05, 3.63) is 45.7 Å². The molecule has 1 aromatic carbocycles. The molecule has 6 heteroatoms. The first-order chi connectivity index (χ1) is 12.5. The van der Waals surface area contributed by atoms with E-state index in [9.17, 15) is 9.59 Å². The van der Waals surface area contributed by atoms with Crippen LogP contribution in [-0.4, -0.2) is 28.7 Å². The van der Waals surface area contributed by atoms with Crippen LogP contribution in [0.15, 0.2) is 29.1 Å². The van der Waals surface area contributed by atoms with Crippen molar-refractivity contribution in [2.45, 2.75) is 34.2 Å². The highest BCUT2D eigenvalue weighted by molar-refractivity contribution is 5.96. The maximum Gasteiger partial charge on any atom is 0.326 e. The lowest BCUT2D eigenvalue weighted by atomic mass is 10.1. The number of benzene rings is 1. The number of rotatable bonds is 5. The lowest BCUT2D eigenvalue weighted by Gasteiger charge is -2.18. The number of fused-ring (bicyclic) bond motifs is 2.